The van der Waals surface area contributed by atoms with Crippen molar-refractivity contribution in [2.24, 2.45) is 5.92 Å². The van der Waals surface area contributed by atoms with Crippen molar-refractivity contribution in [1.29, 1.82) is 0 Å². The summed E-state index contributed by atoms with van der Waals surface area (Å²) in [7, 11) is 0. The van der Waals surface area contributed by atoms with Gasteiger partial charge in [0.15, 0.2) is 0 Å². The van der Waals surface area contributed by atoms with Crippen LogP contribution in [-0.2, 0) is 25.2 Å². The number of hydrogen-bond acceptors (Lipinski definition) is 5. The molecule has 0 heterocycles. The molecule has 0 spiro atoms. The third-order valence-electron chi connectivity index (χ3n) is 3.55. The number of benzene rings is 1. The monoisotopic (exact) mass is 572 g/mol. The molecule has 2 amide bonds. The number of amides is 2. The van der Waals surface area contributed by atoms with Crippen molar-refractivity contribution >= 4 is 33.9 Å². The van der Waals surface area contributed by atoms with Crippen molar-refractivity contribution in [2.45, 2.75) is 72.7 Å². The molecule has 1 aromatic rings. The van der Waals surface area contributed by atoms with Crippen molar-refractivity contribution in [1.82, 2.24) is 10.6 Å². The first-order valence-corrected chi connectivity index (χ1v) is 11.6. The van der Waals surface area contributed by atoms with E-state index < -0.39 is 65.7 Å². The van der Waals surface area contributed by atoms with E-state index in [-0.39, 0.29) is 11.1 Å². The lowest BCUT2D eigenvalue weighted by molar-refractivity contribution is -0.143. The van der Waals surface area contributed by atoms with Gasteiger partial charge in [-0.05, 0) is 45.7 Å². The minimum Gasteiger partial charge on any atom is -0.466 e. The van der Waals surface area contributed by atoms with Gasteiger partial charge in [-0.2, -0.15) is 13.2 Å². The minimum absolute atomic E-state index is 0.0194. The van der Waals surface area contributed by atoms with Crippen LogP contribution in [-0.4, -0.2) is 36.7 Å². The standard InChI is InChI=1S/C19H23BrF4N2O5.C4H10/c1-5-30-15(28)8-13(26-14(27)9-25-17(29)31-18(2,3)4)11-6-10(20)7-12(16(11)21)19(22,23)24;1-4(2)3/h6-7,13H,5,8-9H2,1-4H3,(H,25,29)(H,26,27);4H,1-3H3. The Morgan fingerprint density at radius 3 is 2.09 bits per heavy atom. The number of esters is 1. The molecule has 2 N–H and O–H groups in total. The summed E-state index contributed by atoms with van der Waals surface area (Å²) in [6.07, 6.45) is -6.53. The number of halogens is 5. The molecule has 0 aliphatic heterocycles. The quantitative estimate of drug-likeness (QED) is 0.313. The normalized spacial score (nSPS) is 12.3. The molecule has 0 aliphatic rings. The van der Waals surface area contributed by atoms with E-state index in [1.54, 1.807) is 20.8 Å². The van der Waals surface area contributed by atoms with Gasteiger partial charge in [-0.3, -0.25) is 9.59 Å². The van der Waals surface area contributed by atoms with Gasteiger partial charge in [-0.1, -0.05) is 36.7 Å². The van der Waals surface area contributed by atoms with Crippen molar-refractivity contribution in [3.8, 4) is 0 Å². The Bertz CT molecular complexity index is 868. The molecule has 0 radical (unpaired) electrons. The Balaban J connectivity index is 0.00000267. The Morgan fingerprint density at radius 1 is 1.09 bits per heavy atom. The second-order valence-electron chi connectivity index (χ2n) is 9.07. The van der Waals surface area contributed by atoms with Crippen LogP contribution < -0.4 is 10.6 Å². The topological polar surface area (TPSA) is 93.7 Å². The molecule has 1 atom stereocenters. The van der Waals surface area contributed by atoms with Crippen LogP contribution >= 0.6 is 15.9 Å². The first-order chi connectivity index (χ1) is 15.9. The predicted octanol–water partition coefficient (Wildman–Crippen LogP) is 5.90. The van der Waals surface area contributed by atoms with Gasteiger partial charge in [-0.15, -0.1) is 0 Å². The summed E-state index contributed by atoms with van der Waals surface area (Å²) in [6, 6.07) is 0.0907. The summed E-state index contributed by atoms with van der Waals surface area (Å²) in [5.74, 6) is -2.54. The minimum atomic E-state index is -5.00. The average molecular weight is 573 g/mol. The van der Waals surface area contributed by atoms with Gasteiger partial charge >= 0.3 is 18.2 Å². The van der Waals surface area contributed by atoms with E-state index >= 15 is 0 Å². The van der Waals surface area contributed by atoms with Gasteiger partial charge in [-0.25, -0.2) is 9.18 Å². The molecule has 0 fully saturated rings. The maximum absolute atomic E-state index is 14.7. The molecular weight excluding hydrogens is 540 g/mol. The molecule has 7 nitrogen and oxygen atoms in total. The summed E-state index contributed by atoms with van der Waals surface area (Å²) in [6.45, 7) is 12.2. The third kappa shape index (κ3) is 13.9. The van der Waals surface area contributed by atoms with Gasteiger partial charge in [0, 0.05) is 10.0 Å². The molecule has 1 rings (SSSR count). The van der Waals surface area contributed by atoms with Crippen LogP contribution in [0, 0.1) is 11.7 Å². The molecule has 35 heavy (non-hydrogen) atoms. The van der Waals surface area contributed by atoms with E-state index in [1.165, 1.54) is 6.92 Å². The summed E-state index contributed by atoms with van der Waals surface area (Å²) in [5.41, 5.74) is -2.95. The van der Waals surface area contributed by atoms with E-state index in [0.717, 1.165) is 12.0 Å². The number of carbonyl (C=O) groups is 3. The highest BCUT2D eigenvalue weighted by atomic mass is 79.9. The fourth-order valence-electron chi connectivity index (χ4n) is 2.41. The summed E-state index contributed by atoms with van der Waals surface area (Å²) >= 11 is 2.88. The number of hydrogen-bond donors (Lipinski definition) is 2. The van der Waals surface area contributed by atoms with Gasteiger partial charge in [0.25, 0.3) is 0 Å². The molecule has 0 aliphatic carbocycles. The highest BCUT2D eigenvalue weighted by Gasteiger charge is 2.37. The van der Waals surface area contributed by atoms with Gasteiger partial charge in [0.2, 0.25) is 5.91 Å². The zero-order valence-corrected chi connectivity index (χ0v) is 22.4. The molecule has 1 aromatic carbocycles. The largest absolute Gasteiger partial charge is 0.466 e. The second kappa shape index (κ2) is 14.3. The first kappa shape index (κ1) is 32.6. The van der Waals surface area contributed by atoms with E-state index in [1.807, 2.05) is 0 Å². The molecule has 0 bridgehead atoms. The van der Waals surface area contributed by atoms with Crippen LogP contribution in [0.5, 0.6) is 0 Å². The summed E-state index contributed by atoms with van der Waals surface area (Å²) in [4.78, 5) is 35.8. The zero-order chi connectivity index (χ0) is 27.6. The van der Waals surface area contributed by atoms with Crippen molar-refractivity contribution < 1.29 is 41.4 Å². The van der Waals surface area contributed by atoms with E-state index in [4.69, 9.17) is 9.47 Å². The first-order valence-electron chi connectivity index (χ1n) is 10.8. The lowest BCUT2D eigenvalue weighted by atomic mass is 9.99. The summed E-state index contributed by atoms with van der Waals surface area (Å²) < 4.78 is 63.8. The second-order valence-corrected chi connectivity index (χ2v) is 9.99. The fourth-order valence-corrected chi connectivity index (χ4v) is 2.88. The molecule has 12 heteroatoms. The molecule has 0 aromatic heterocycles. The smallest absolute Gasteiger partial charge is 0.419 e. The van der Waals surface area contributed by atoms with Crippen LogP contribution in [0.3, 0.4) is 0 Å². The van der Waals surface area contributed by atoms with E-state index in [2.05, 4.69) is 47.3 Å². The predicted molar refractivity (Wildman–Crippen MR) is 126 cm³/mol. The van der Waals surface area contributed by atoms with Crippen LogP contribution in [0.25, 0.3) is 0 Å². The van der Waals surface area contributed by atoms with Crippen molar-refractivity contribution in [2.75, 3.05) is 13.2 Å². The fraction of sp³-hybridized carbons (Fsp3) is 0.609. The molecule has 1 unspecified atom stereocenters. The number of ether oxygens (including phenoxy) is 2. The Labute approximate surface area is 211 Å². The SMILES string of the molecule is CC(C)C.CCOC(=O)CC(NC(=O)CNC(=O)OC(C)(C)C)c1cc(Br)cc(C(F)(F)F)c1F. The molecule has 200 valence electrons. The van der Waals surface area contributed by atoms with Crippen LogP contribution in [0.1, 0.15) is 72.1 Å². The Hall–Kier alpha value is -2.37. The number of alkyl carbamates (subject to hydrolysis) is 1. The number of nitrogens with one attached hydrogen (secondary N) is 2. The number of rotatable bonds is 7. The van der Waals surface area contributed by atoms with E-state index in [9.17, 15) is 31.9 Å². The van der Waals surface area contributed by atoms with Crippen molar-refractivity contribution in [3.05, 3.63) is 33.5 Å². The van der Waals surface area contributed by atoms with Crippen LogP contribution in [0.2, 0.25) is 0 Å². The van der Waals surface area contributed by atoms with Crippen LogP contribution in [0.15, 0.2) is 16.6 Å². The average Bonchev–Trinajstić information content (AvgIpc) is 2.65. The van der Waals surface area contributed by atoms with Gasteiger partial charge in [0.05, 0.1) is 24.6 Å². The summed E-state index contributed by atoms with van der Waals surface area (Å²) in [5, 5.41) is 4.41. The highest BCUT2D eigenvalue weighted by Crippen LogP contribution is 2.37. The van der Waals surface area contributed by atoms with Gasteiger partial charge in [0.1, 0.15) is 18.0 Å². The Morgan fingerprint density at radius 2 is 1.63 bits per heavy atom. The van der Waals surface area contributed by atoms with Crippen molar-refractivity contribution in [3.63, 3.8) is 0 Å². The molecular formula is C23H33BrF4N2O5. The molecule has 0 saturated heterocycles. The maximum Gasteiger partial charge on any atom is 0.419 e. The third-order valence-corrected chi connectivity index (χ3v) is 4.01. The molecule has 0 saturated carbocycles. The Kier molecular flexibility index (Phi) is 13.3. The lowest BCUT2D eigenvalue weighted by Crippen LogP contribution is -2.41. The highest BCUT2D eigenvalue weighted by molar-refractivity contribution is 9.10. The maximum atomic E-state index is 14.7. The number of alkyl halides is 3. The number of carbonyl (C=O) groups excluding carboxylic acids is 3. The van der Waals surface area contributed by atoms with Gasteiger partial charge < -0.3 is 20.1 Å². The zero-order valence-electron chi connectivity index (χ0n) is 20.9. The lowest BCUT2D eigenvalue weighted by Gasteiger charge is -2.22. The van der Waals surface area contributed by atoms with E-state index in [0.29, 0.717) is 6.07 Å². The van der Waals surface area contributed by atoms with Crippen LogP contribution in [0.4, 0.5) is 22.4 Å².